The molecule has 3 heteroatoms. The molecule has 1 N–H and O–H groups in total. The predicted molar refractivity (Wildman–Crippen MR) is 22.0 cm³/mol. The van der Waals surface area contributed by atoms with Gasteiger partial charge in [0.05, 0.1) is 0 Å². The zero-order chi connectivity index (χ0) is 4.12. The molecule has 0 aliphatic rings. The molecule has 0 atom stereocenters. The Morgan fingerprint density at radius 3 is 1.86 bits per heavy atom. The maximum atomic E-state index is 8.07. The third-order valence-electron chi connectivity index (χ3n) is 0.512. The Morgan fingerprint density at radius 2 is 1.86 bits per heavy atom. The minimum atomic E-state index is 0. The summed E-state index contributed by atoms with van der Waals surface area (Å²) in [5.74, 6) is 0. The number of hydrogen-bond acceptors (Lipinski definition) is 1. The largest absolute Gasteiger partial charge is 1.00 e. The summed E-state index contributed by atoms with van der Waals surface area (Å²) in [4.78, 5) is 0. The number of hydrogen-bond donors (Lipinski definition) is 1. The van der Waals surface area contributed by atoms with E-state index in [4.69, 9.17) is 5.11 Å². The van der Waals surface area contributed by atoms with Crippen molar-refractivity contribution in [2.24, 2.45) is 0 Å². The Morgan fingerprint density at radius 1 is 1.43 bits per heavy atom. The van der Waals surface area contributed by atoms with Gasteiger partial charge in [-0.15, -0.1) is 0 Å². The van der Waals surface area contributed by atoms with Gasteiger partial charge in [0, 0.05) is 6.61 Å². The molecule has 7 heavy (non-hydrogen) atoms. The van der Waals surface area contributed by atoms with E-state index >= 15 is 0 Å². The van der Waals surface area contributed by atoms with E-state index in [1.807, 2.05) is 0 Å². The standard InChI is InChI=1S/C4H10O.HI.Na/c1-2-3-4-5;;/h5H,2-4H2,1H3;1H;/q;;+1/p-1. The van der Waals surface area contributed by atoms with Crippen molar-refractivity contribution in [3.8, 4) is 0 Å². The molecule has 0 spiro atoms. The molecule has 1 nitrogen and oxygen atoms in total. The first-order valence-corrected chi connectivity index (χ1v) is 2.02. The van der Waals surface area contributed by atoms with Gasteiger partial charge in [0.2, 0.25) is 0 Å². The predicted octanol–water partition coefficient (Wildman–Crippen LogP) is -5.21. The smallest absolute Gasteiger partial charge is 1.00 e. The van der Waals surface area contributed by atoms with Crippen LogP contribution in [0.5, 0.6) is 0 Å². The summed E-state index contributed by atoms with van der Waals surface area (Å²) in [5.41, 5.74) is 0. The molecule has 0 aliphatic carbocycles. The summed E-state index contributed by atoms with van der Waals surface area (Å²) in [7, 11) is 0. The van der Waals surface area contributed by atoms with Gasteiger partial charge in [-0.25, -0.2) is 0 Å². The van der Waals surface area contributed by atoms with Crippen LogP contribution in [0.3, 0.4) is 0 Å². The van der Waals surface area contributed by atoms with Crippen LogP contribution in [0.15, 0.2) is 0 Å². The van der Waals surface area contributed by atoms with Crippen molar-refractivity contribution in [1.29, 1.82) is 0 Å². The Hall–Kier alpha value is 1.69. The zero-order valence-corrected chi connectivity index (χ0v) is 9.10. The average Bonchev–Trinajstić information content (AvgIpc) is 1.41. The maximum Gasteiger partial charge on any atom is 1.00 e. The monoisotopic (exact) mass is 224 g/mol. The van der Waals surface area contributed by atoms with E-state index in [0.717, 1.165) is 12.8 Å². The quantitative estimate of drug-likeness (QED) is 0.367. The topological polar surface area (TPSA) is 20.2 Å². The fraction of sp³-hybridized carbons (Fsp3) is 1.00. The molecule has 0 aliphatic heterocycles. The molecule has 0 rings (SSSR count). The van der Waals surface area contributed by atoms with Crippen LogP contribution in [0.25, 0.3) is 0 Å². The van der Waals surface area contributed by atoms with Gasteiger partial charge in [-0.1, -0.05) is 13.3 Å². The first-order valence-electron chi connectivity index (χ1n) is 2.02. The van der Waals surface area contributed by atoms with E-state index in [1.54, 1.807) is 0 Å². The van der Waals surface area contributed by atoms with Gasteiger partial charge in [-0.3, -0.25) is 0 Å². The van der Waals surface area contributed by atoms with Gasteiger partial charge in [-0.05, 0) is 6.42 Å². The van der Waals surface area contributed by atoms with Crippen LogP contribution in [0.4, 0.5) is 0 Å². The van der Waals surface area contributed by atoms with Crippen molar-refractivity contribution in [1.82, 2.24) is 0 Å². The summed E-state index contributed by atoms with van der Waals surface area (Å²) >= 11 is 0. The molecule has 0 aromatic carbocycles. The second-order valence-electron chi connectivity index (χ2n) is 1.08. The molecule has 0 fully saturated rings. The number of rotatable bonds is 2. The normalized spacial score (nSPS) is 6.00. The van der Waals surface area contributed by atoms with E-state index in [1.165, 1.54) is 0 Å². The minimum Gasteiger partial charge on any atom is -1.00 e. The Labute approximate surface area is 84.2 Å². The van der Waals surface area contributed by atoms with Crippen molar-refractivity contribution in [2.45, 2.75) is 19.8 Å². The van der Waals surface area contributed by atoms with Crippen LogP contribution in [-0.4, -0.2) is 11.7 Å². The molecular formula is C4H10INaO. The van der Waals surface area contributed by atoms with Crippen LogP contribution in [0.1, 0.15) is 19.8 Å². The fourth-order valence-corrected chi connectivity index (χ4v) is 0.158. The SMILES string of the molecule is CCCCO.[I-].[Na+]. The fourth-order valence-electron chi connectivity index (χ4n) is 0.158. The molecule has 40 valence electrons. The maximum absolute atomic E-state index is 8.07. The third kappa shape index (κ3) is 18.3. The number of halogens is 1. The van der Waals surface area contributed by atoms with Gasteiger partial charge in [0.25, 0.3) is 0 Å². The first kappa shape index (κ1) is 15.9. The van der Waals surface area contributed by atoms with Gasteiger partial charge in [-0.2, -0.15) is 0 Å². The summed E-state index contributed by atoms with van der Waals surface area (Å²) in [6.45, 7) is 2.40. The summed E-state index contributed by atoms with van der Waals surface area (Å²) in [6.07, 6.45) is 2.04. The number of aliphatic hydroxyl groups excluding tert-OH is 1. The van der Waals surface area contributed by atoms with Crippen LogP contribution in [0.2, 0.25) is 0 Å². The Balaban J connectivity index is -0.0000000800. The van der Waals surface area contributed by atoms with E-state index in [9.17, 15) is 0 Å². The summed E-state index contributed by atoms with van der Waals surface area (Å²) in [5, 5.41) is 8.07. The van der Waals surface area contributed by atoms with Crippen molar-refractivity contribution < 1.29 is 58.6 Å². The summed E-state index contributed by atoms with van der Waals surface area (Å²) < 4.78 is 0. The van der Waals surface area contributed by atoms with Crippen LogP contribution in [-0.2, 0) is 0 Å². The molecule has 0 unspecified atom stereocenters. The first-order chi connectivity index (χ1) is 2.41. The van der Waals surface area contributed by atoms with Crippen molar-refractivity contribution in [2.75, 3.05) is 6.61 Å². The zero-order valence-electron chi connectivity index (χ0n) is 4.95. The van der Waals surface area contributed by atoms with E-state index in [2.05, 4.69) is 6.92 Å². The van der Waals surface area contributed by atoms with Crippen molar-refractivity contribution in [3.63, 3.8) is 0 Å². The van der Waals surface area contributed by atoms with Gasteiger partial charge < -0.3 is 29.1 Å². The van der Waals surface area contributed by atoms with Crippen molar-refractivity contribution >= 4 is 0 Å². The van der Waals surface area contributed by atoms with E-state index in [0.29, 0.717) is 6.61 Å². The van der Waals surface area contributed by atoms with Crippen molar-refractivity contribution in [3.05, 3.63) is 0 Å². The van der Waals surface area contributed by atoms with E-state index < -0.39 is 0 Å². The number of aliphatic hydroxyl groups is 1. The van der Waals surface area contributed by atoms with Gasteiger partial charge >= 0.3 is 29.6 Å². The van der Waals surface area contributed by atoms with Crippen LogP contribution < -0.4 is 53.5 Å². The van der Waals surface area contributed by atoms with Crippen LogP contribution >= 0.6 is 0 Å². The molecule has 0 amide bonds. The third-order valence-corrected chi connectivity index (χ3v) is 0.512. The Bertz CT molecular complexity index is 19.2. The minimum absolute atomic E-state index is 0. The number of unbranched alkanes of at least 4 members (excludes halogenated alkanes) is 1. The molecule has 0 saturated heterocycles. The summed E-state index contributed by atoms with van der Waals surface area (Å²) in [6, 6.07) is 0. The molecule has 0 radical (unpaired) electrons. The second-order valence-corrected chi connectivity index (χ2v) is 1.08. The molecule has 0 aromatic rings. The Kier molecular flexibility index (Phi) is 35.5. The molecule has 0 heterocycles. The van der Waals surface area contributed by atoms with Crippen LogP contribution in [0, 0.1) is 0 Å². The molecule has 0 bridgehead atoms. The van der Waals surface area contributed by atoms with Gasteiger partial charge in [0.15, 0.2) is 0 Å². The molecule has 0 saturated carbocycles. The van der Waals surface area contributed by atoms with Gasteiger partial charge in [0.1, 0.15) is 0 Å². The molecular weight excluding hydrogens is 214 g/mol. The second kappa shape index (κ2) is 15.6. The average molecular weight is 224 g/mol. The van der Waals surface area contributed by atoms with E-state index in [-0.39, 0.29) is 53.5 Å². The molecule has 0 aromatic heterocycles.